The average Bonchev–Trinajstić information content (AvgIpc) is 3.08. The molecule has 6 rings (SSSR count). The van der Waals surface area contributed by atoms with E-state index in [1.54, 1.807) is 0 Å². The lowest BCUT2D eigenvalue weighted by Crippen LogP contribution is -2.44. The van der Waals surface area contributed by atoms with E-state index in [9.17, 15) is 0 Å². The molecule has 2 bridgehead atoms. The van der Waals surface area contributed by atoms with Crippen molar-refractivity contribution in [1.82, 2.24) is 9.88 Å². The maximum absolute atomic E-state index is 3.75. The highest BCUT2D eigenvalue weighted by Gasteiger charge is 2.25. The molecule has 2 aliphatic heterocycles. The highest BCUT2D eigenvalue weighted by Crippen LogP contribution is 2.34. The number of nitrogens with one attached hydrogen (secondary N) is 1. The van der Waals surface area contributed by atoms with Crippen molar-refractivity contribution in [2.24, 2.45) is 0 Å². The van der Waals surface area contributed by atoms with Crippen molar-refractivity contribution in [2.75, 3.05) is 0 Å². The van der Waals surface area contributed by atoms with E-state index in [0.717, 1.165) is 6.42 Å². The van der Waals surface area contributed by atoms with Crippen molar-refractivity contribution < 1.29 is 0 Å². The lowest BCUT2D eigenvalue weighted by atomic mass is 9.85. The minimum absolute atomic E-state index is 0.569. The highest BCUT2D eigenvalue weighted by atomic mass is 15.0. The van der Waals surface area contributed by atoms with Crippen molar-refractivity contribution in [3.05, 3.63) is 84.4 Å². The molecule has 0 saturated carbocycles. The minimum Gasteiger partial charge on any atom is -0.309 e. The molecular formula is C26H24N2. The molecule has 3 heterocycles. The number of para-hydroxylation sites is 2. The summed E-state index contributed by atoms with van der Waals surface area (Å²) in [5.74, 6) is 0. The van der Waals surface area contributed by atoms with E-state index in [0.29, 0.717) is 12.1 Å². The predicted molar refractivity (Wildman–Crippen MR) is 118 cm³/mol. The summed E-state index contributed by atoms with van der Waals surface area (Å²) < 4.78 is 2.39. The van der Waals surface area contributed by atoms with Gasteiger partial charge in [-0.15, -0.1) is 0 Å². The van der Waals surface area contributed by atoms with Crippen LogP contribution in [0.3, 0.4) is 0 Å². The van der Waals surface area contributed by atoms with Gasteiger partial charge in [-0.1, -0.05) is 61.0 Å². The molecule has 2 nitrogen and oxygen atoms in total. The third-order valence-electron chi connectivity index (χ3n) is 6.46. The van der Waals surface area contributed by atoms with Crippen LogP contribution in [0.25, 0.3) is 33.1 Å². The maximum Gasteiger partial charge on any atom is 0.0541 e. The molecule has 138 valence electrons. The van der Waals surface area contributed by atoms with Crippen LogP contribution in [0.2, 0.25) is 0 Å². The van der Waals surface area contributed by atoms with Crippen molar-refractivity contribution in [2.45, 2.75) is 37.8 Å². The molecule has 2 unspecified atom stereocenters. The SMILES string of the molecule is C1=C(c2ccc(-n3c4ccccc4c4ccccc43)cc2)CC2CCCC1N2. The van der Waals surface area contributed by atoms with Crippen LogP contribution < -0.4 is 5.32 Å². The van der Waals surface area contributed by atoms with Crippen LogP contribution >= 0.6 is 0 Å². The zero-order valence-electron chi connectivity index (χ0n) is 15.9. The number of benzene rings is 3. The van der Waals surface area contributed by atoms with Gasteiger partial charge in [0.1, 0.15) is 0 Å². The topological polar surface area (TPSA) is 17.0 Å². The molecule has 2 aliphatic rings. The molecular weight excluding hydrogens is 340 g/mol. The van der Waals surface area contributed by atoms with Crippen LogP contribution in [0.4, 0.5) is 0 Å². The van der Waals surface area contributed by atoms with Crippen LogP contribution in [-0.2, 0) is 0 Å². The van der Waals surface area contributed by atoms with E-state index >= 15 is 0 Å². The Morgan fingerprint density at radius 2 is 1.43 bits per heavy atom. The van der Waals surface area contributed by atoms with Gasteiger partial charge in [0.2, 0.25) is 0 Å². The summed E-state index contributed by atoms with van der Waals surface area (Å²) in [7, 11) is 0. The van der Waals surface area contributed by atoms with Gasteiger partial charge in [-0.05, 0) is 54.7 Å². The third-order valence-corrected chi connectivity index (χ3v) is 6.46. The fourth-order valence-electron chi connectivity index (χ4n) is 5.16. The van der Waals surface area contributed by atoms with E-state index in [2.05, 4.69) is 88.8 Å². The van der Waals surface area contributed by atoms with Gasteiger partial charge in [0.15, 0.2) is 0 Å². The van der Waals surface area contributed by atoms with Crippen molar-refractivity contribution in [1.29, 1.82) is 0 Å². The molecule has 3 aromatic carbocycles. The standard InChI is InChI=1S/C26H24N2/c1-3-10-25-23(8-1)24-9-2-4-11-26(24)28(25)22-14-12-18(13-15-22)19-16-20-6-5-7-21(17-19)27-20/h1-4,8-16,20-21,27H,5-7,17H2. The van der Waals surface area contributed by atoms with Gasteiger partial charge in [-0.2, -0.15) is 0 Å². The second-order valence-electron chi connectivity index (χ2n) is 8.21. The molecule has 4 aromatic rings. The largest absolute Gasteiger partial charge is 0.309 e. The van der Waals surface area contributed by atoms with Gasteiger partial charge in [-0.3, -0.25) is 0 Å². The Morgan fingerprint density at radius 1 is 0.750 bits per heavy atom. The van der Waals surface area contributed by atoms with Crippen molar-refractivity contribution in [3.63, 3.8) is 0 Å². The molecule has 0 spiro atoms. The monoisotopic (exact) mass is 364 g/mol. The maximum atomic E-state index is 3.75. The predicted octanol–water partition coefficient (Wildman–Crippen LogP) is 6.08. The molecule has 1 aromatic heterocycles. The molecule has 1 saturated heterocycles. The van der Waals surface area contributed by atoms with E-state index in [-0.39, 0.29) is 0 Å². The van der Waals surface area contributed by atoms with Crippen molar-refractivity contribution >= 4 is 27.4 Å². The molecule has 1 N–H and O–H groups in total. The number of nitrogens with zero attached hydrogens (tertiary/aromatic N) is 1. The number of piperidine rings is 1. The van der Waals surface area contributed by atoms with Gasteiger partial charge in [0.05, 0.1) is 11.0 Å². The van der Waals surface area contributed by atoms with E-state index in [4.69, 9.17) is 0 Å². The van der Waals surface area contributed by atoms with Gasteiger partial charge in [0.25, 0.3) is 0 Å². The number of aromatic nitrogens is 1. The Kier molecular flexibility index (Phi) is 3.66. The van der Waals surface area contributed by atoms with Crippen molar-refractivity contribution in [3.8, 4) is 5.69 Å². The van der Waals surface area contributed by atoms with Crippen LogP contribution in [-0.4, -0.2) is 16.7 Å². The number of fused-ring (bicyclic) bond motifs is 5. The first-order chi connectivity index (χ1) is 13.9. The van der Waals surface area contributed by atoms with Crippen LogP contribution in [0, 0.1) is 0 Å². The number of rotatable bonds is 2. The zero-order chi connectivity index (χ0) is 18.5. The number of hydrogen-bond donors (Lipinski definition) is 1. The first kappa shape index (κ1) is 16.1. The molecule has 2 atom stereocenters. The van der Waals surface area contributed by atoms with Crippen LogP contribution in [0.1, 0.15) is 31.2 Å². The van der Waals surface area contributed by atoms with E-state index in [1.165, 1.54) is 57.9 Å². The Hall–Kier alpha value is -2.84. The van der Waals surface area contributed by atoms with Crippen LogP contribution in [0.15, 0.2) is 78.9 Å². The lowest BCUT2D eigenvalue weighted by Gasteiger charge is -2.35. The van der Waals surface area contributed by atoms with E-state index < -0.39 is 0 Å². The molecule has 0 amide bonds. The highest BCUT2D eigenvalue weighted by molar-refractivity contribution is 6.09. The fourth-order valence-corrected chi connectivity index (χ4v) is 5.16. The molecule has 2 heteroatoms. The molecule has 0 aliphatic carbocycles. The second-order valence-corrected chi connectivity index (χ2v) is 8.21. The van der Waals surface area contributed by atoms with Crippen LogP contribution in [0.5, 0.6) is 0 Å². The minimum atomic E-state index is 0.569. The summed E-state index contributed by atoms with van der Waals surface area (Å²) >= 11 is 0. The quantitative estimate of drug-likeness (QED) is 0.456. The van der Waals surface area contributed by atoms with Gasteiger partial charge < -0.3 is 9.88 Å². The Morgan fingerprint density at radius 3 is 2.11 bits per heavy atom. The Labute approximate surface area is 165 Å². The smallest absolute Gasteiger partial charge is 0.0541 e. The van der Waals surface area contributed by atoms with Gasteiger partial charge >= 0.3 is 0 Å². The number of hydrogen-bond acceptors (Lipinski definition) is 1. The fraction of sp³-hybridized carbons (Fsp3) is 0.231. The average molecular weight is 364 g/mol. The molecule has 0 radical (unpaired) electrons. The lowest BCUT2D eigenvalue weighted by molar-refractivity contribution is 0.348. The summed E-state index contributed by atoms with van der Waals surface area (Å²) in [5.41, 5.74) is 6.67. The summed E-state index contributed by atoms with van der Waals surface area (Å²) in [6, 6.07) is 27.8. The first-order valence-corrected chi connectivity index (χ1v) is 10.4. The molecule has 1 fully saturated rings. The summed E-state index contributed by atoms with van der Waals surface area (Å²) in [6.07, 6.45) is 7.57. The Balaban J connectivity index is 1.45. The third kappa shape index (κ3) is 2.52. The van der Waals surface area contributed by atoms with Gasteiger partial charge in [-0.25, -0.2) is 0 Å². The van der Waals surface area contributed by atoms with Gasteiger partial charge in [0, 0.05) is 28.5 Å². The zero-order valence-corrected chi connectivity index (χ0v) is 15.9. The first-order valence-electron chi connectivity index (χ1n) is 10.4. The second kappa shape index (κ2) is 6.35. The summed E-state index contributed by atoms with van der Waals surface area (Å²) in [5, 5.41) is 6.38. The Bertz CT molecular complexity index is 1140. The van der Waals surface area contributed by atoms with E-state index in [1.807, 2.05) is 0 Å². The normalized spacial score (nSPS) is 21.8. The molecule has 28 heavy (non-hydrogen) atoms. The summed E-state index contributed by atoms with van der Waals surface area (Å²) in [4.78, 5) is 0. The summed E-state index contributed by atoms with van der Waals surface area (Å²) in [6.45, 7) is 0.